The van der Waals surface area contributed by atoms with Crippen molar-refractivity contribution in [1.29, 1.82) is 0 Å². The summed E-state index contributed by atoms with van der Waals surface area (Å²) >= 11 is 12.2. The lowest BCUT2D eigenvalue weighted by atomic mass is 9.95. The minimum absolute atomic E-state index is 0.0388. The van der Waals surface area contributed by atoms with E-state index in [-0.39, 0.29) is 5.69 Å². The maximum absolute atomic E-state index is 12.2. The van der Waals surface area contributed by atoms with Crippen LogP contribution in [0.1, 0.15) is 18.5 Å². The summed E-state index contributed by atoms with van der Waals surface area (Å²) in [6.45, 7) is 1.72. The third-order valence-corrected chi connectivity index (χ3v) is 5.45. The fourth-order valence-corrected chi connectivity index (χ4v) is 3.62. The Morgan fingerprint density at radius 3 is 2.50 bits per heavy atom. The van der Waals surface area contributed by atoms with Gasteiger partial charge in [0.05, 0.1) is 20.5 Å². The van der Waals surface area contributed by atoms with Crippen molar-refractivity contribution in [3.8, 4) is 11.4 Å². The second kappa shape index (κ2) is 7.43. The normalized spacial score (nSPS) is 15.5. The summed E-state index contributed by atoms with van der Waals surface area (Å²) in [5.74, 6) is 0.104. The number of hydrogen-bond donors (Lipinski definition) is 2. The Labute approximate surface area is 180 Å². The first-order valence-electron chi connectivity index (χ1n) is 8.70. The number of primary amides is 1. The van der Waals surface area contributed by atoms with Gasteiger partial charge in [-0.1, -0.05) is 29.3 Å². The van der Waals surface area contributed by atoms with Crippen molar-refractivity contribution in [3.05, 3.63) is 79.5 Å². The summed E-state index contributed by atoms with van der Waals surface area (Å²) in [4.78, 5) is 27.1. The van der Waals surface area contributed by atoms with Gasteiger partial charge in [0.2, 0.25) is 11.9 Å². The van der Waals surface area contributed by atoms with E-state index in [1.54, 1.807) is 37.3 Å². The lowest BCUT2D eigenvalue weighted by molar-refractivity contribution is -0.384. The van der Waals surface area contributed by atoms with Crippen LogP contribution in [0, 0.1) is 10.1 Å². The number of carbonyl (C=O) groups is 1. The van der Waals surface area contributed by atoms with Gasteiger partial charge in [-0.15, -0.1) is 5.10 Å². The number of nitrogens with zero attached hydrogens (tertiary/aromatic N) is 4. The molecule has 3 N–H and O–H groups in total. The van der Waals surface area contributed by atoms with Crippen LogP contribution < -0.4 is 11.1 Å². The monoisotopic (exact) mass is 444 g/mol. The Balaban J connectivity index is 1.84. The molecule has 0 aliphatic carbocycles. The fourth-order valence-electron chi connectivity index (χ4n) is 3.32. The lowest BCUT2D eigenvalue weighted by Gasteiger charge is -2.27. The average Bonchev–Trinajstić information content (AvgIpc) is 3.12. The molecule has 0 saturated carbocycles. The number of halogens is 2. The summed E-state index contributed by atoms with van der Waals surface area (Å²) in [5, 5.41) is 19.2. The van der Waals surface area contributed by atoms with Crippen molar-refractivity contribution in [1.82, 2.24) is 14.8 Å². The fraction of sp³-hybridized carbons (Fsp3) is 0.105. The molecule has 0 fully saturated rings. The molecule has 30 heavy (non-hydrogen) atoms. The van der Waals surface area contributed by atoms with Crippen LogP contribution in [0.25, 0.3) is 11.4 Å². The van der Waals surface area contributed by atoms with Crippen molar-refractivity contribution >= 4 is 40.7 Å². The number of rotatable bonds is 4. The van der Waals surface area contributed by atoms with E-state index in [4.69, 9.17) is 28.9 Å². The van der Waals surface area contributed by atoms with Crippen LogP contribution in [0.5, 0.6) is 0 Å². The number of nitro benzene ring substituents is 1. The van der Waals surface area contributed by atoms with Crippen molar-refractivity contribution in [2.45, 2.75) is 13.0 Å². The van der Waals surface area contributed by atoms with Crippen LogP contribution in [0.2, 0.25) is 10.0 Å². The van der Waals surface area contributed by atoms with Crippen LogP contribution in [-0.2, 0) is 4.79 Å². The zero-order valence-electron chi connectivity index (χ0n) is 15.5. The third kappa shape index (κ3) is 3.38. The topological polar surface area (TPSA) is 129 Å². The predicted octanol–water partition coefficient (Wildman–Crippen LogP) is 3.93. The van der Waals surface area contributed by atoms with Gasteiger partial charge < -0.3 is 11.1 Å². The molecule has 1 atom stereocenters. The van der Waals surface area contributed by atoms with Crippen molar-refractivity contribution < 1.29 is 9.72 Å². The van der Waals surface area contributed by atoms with E-state index in [1.165, 1.54) is 16.8 Å². The molecule has 0 radical (unpaired) electrons. The quantitative estimate of drug-likeness (QED) is 0.463. The molecule has 1 aliphatic heterocycles. The number of hydrogen-bond acceptors (Lipinski definition) is 6. The number of benzene rings is 2. The van der Waals surface area contributed by atoms with Crippen LogP contribution >= 0.6 is 23.2 Å². The molecule has 2 heterocycles. The Bertz CT molecular complexity index is 1220. The molecular formula is C19H14Cl2N6O3. The molecule has 0 spiro atoms. The number of aromatic nitrogens is 3. The number of carbonyl (C=O) groups excluding carboxylic acids is 1. The lowest BCUT2D eigenvalue weighted by Crippen LogP contribution is -2.31. The highest BCUT2D eigenvalue weighted by atomic mass is 35.5. The molecule has 1 amide bonds. The van der Waals surface area contributed by atoms with Crippen molar-refractivity contribution in [2.75, 3.05) is 5.32 Å². The largest absolute Gasteiger partial charge is 0.366 e. The molecule has 1 unspecified atom stereocenters. The Morgan fingerprint density at radius 1 is 1.20 bits per heavy atom. The van der Waals surface area contributed by atoms with Crippen LogP contribution in [0.4, 0.5) is 11.6 Å². The first-order valence-corrected chi connectivity index (χ1v) is 9.45. The molecule has 152 valence electrons. The summed E-state index contributed by atoms with van der Waals surface area (Å²) in [6.07, 6.45) is 0. The summed E-state index contributed by atoms with van der Waals surface area (Å²) in [5.41, 5.74) is 7.69. The van der Waals surface area contributed by atoms with E-state index in [1.807, 2.05) is 0 Å². The number of allylic oxidation sites excluding steroid dienone is 1. The molecule has 1 aliphatic rings. The van der Waals surface area contributed by atoms with Gasteiger partial charge in [-0.05, 0) is 36.8 Å². The van der Waals surface area contributed by atoms with E-state index in [0.717, 1.165) is 0 Å². The molecule has 9 nitrogen and oxygen atoms in total. The zero-order valence-corrected chi connectivity index (χ0v) is 17.0. The number of nitrogens with two attached hydrogens (primary N) is 1. The highest BCUT2D eigenvalue weighted by Crippen LogP contribution is 2.38. The Morgan fingerprint density at radius 2 is 1.90 bits per heavy atom. The summed E-state index contributed by atoms with van der Waals surface area (Å²) in [6, 6.07) is 10.2. The second-order valence-corrected chi connectivity index (χ2v) is 7.43. The molecule has 2 aromatic carbocycles. The predicted molar refractivity (Wildman–Crippen MR) is 112 cm³/mol. The molecule has 1 aromatic heterocycles. The molecule has 3 aromatic rings. The minimum Gasteiger partial charge on any atom is -0.366 e. The molecule has 0 bridgehead atoms. The average molecular weight is 445 g/mol. The van der Waals surface area contributed by atoms with Gasteiger partial charge in [0.1, 0.15) is 6.04 Å². The maximum Gasteiger partial charge on any atom is 0.269 e. The molecular weight excluding hydrogens is 431 g/mol. The van der Waals surface area contributed by atoms with Gasteiger partial charge in [-0.3, -0.25) is 14.9 Å². The first kappa shape index (κ1) is 19.9. The number of nitrogens with one attached hydrogen (secondary N) is 1. The van der Waals surface area contributed by atoms with Crippen molar-refractivity contribution in [2.24, 2.45) is 5.73 Å². The van der Waals surface area contributed by atoms with Crippen LogP contribution in [-0.4, -0.2) is 25.6 Å². The number of non-ortho nitro benzene ring substituents is 1. The van der Waals surface area contributed by atoms with Gasteiger partial charge in [-0.25, -0.2) is 4.68 Å². The smallest absolute Gasteiger partial charge is 0.269 e. The summed E-state index contributed by atoms with van der Waals surface area (Å²) < 4.78 is 1.53. The van der Waals surface area contributed by atoms with E-state index < -0.39 is 16.9 Å². The molecule has 0 saturated heterocycles. The molecule has 4 rings (SSSR count). The van der Waals surface area contributed by atoms with E-state index in [2.05, 4.69) is 15.4 Å². The Hall–Kier alpha value is -3.43. The van der Waals surface area contributed by atoms with E-state index in [0.29, 0.717) is 44.2 Å². The zero-order chi connectivity index (χ0) is 21.6. The minimum atomic E-state index is -0.673. The van der Waals surface area contributed by atoms with E-state index in [9.17, 15) is 14.9 Å². The van der Waals surface area contributed by atoms with Gasteiger partial charge >= 0.3 is 0 Å². The third-order valence-electron chi connectivity index (χ3n) is 4.71. The Kier molecular flexibility index (Phi) is 4.92. The van der Waals surface area contributed by atoms with Gasteiger partial charge in [0, 0.05) is 23.4 Å². The van der Waals surface area contributed by atoms with Gasteiger partial charge in [0.25, 0.3) is 5.69 Å². The second-order valence-electron chi connectivity index (χ2n) is 6.61. The number of fused-ring (bicyclic) bond motifs is 1. The van der Waals surface area contributed by atoms with Gasteiger partial charge in [-0.2, -0.15) is 4.98 Å². The van der Waals surface area contributed by atoms with Crippen molar-refractivity contribution in [3.63, 3.8) is 0 Å². The first-order chi connectivity index (χ1) is 14.3. The van der Waals surface area contributed by atoms with Crippen LogP contribution in [0.15, 0.2) is 53.7 Å². The van der Waals surface area contributed by atoms with Crippen LogP contribution in [0.3, 0.4) is 0 Å². The summed E-state index contributed by atoms with van der Waals surface area (Å²) in [7, 11) is 0. The maximum atomic E-state index is 12.2. The van der Waals surface area contributed by atoms with Gasteiger partial charge in [0.15, 0.2) is 5.82 Å². The standard InChI is InChI=1S/C19H14Cl2N6O3/c1-9-15(17(22)28)16(11-4-7-13(20)14(21)8-11)26-19(23-9)24-18(25-26)10-2-5-12(6-3-10)27(29)30/h2-8,16H,1H3,(H2,22,28)(H,23,24,25). The number of anilines is 1. The van der Waals surface area contributed by atoms with E-state index >= 15 is 0 Å². The highest BCUT2D eigenvalue weighted by molar-refractivity contribution is 6.42. The number of amides is 1. The SMILES string of the molecule is CC1=C(C(N)=O)C(c2ccc(Cl)c(Cl)c2)n2nc(-c3ccc([N+](=O)[O-])cc3)nc2N1. The molecule has 11 heteroatoms. The number of nitro groups is 1. The highest BCUT2D eigenvalue weighted by Gasteiger charge is 2.33.